The highest BCUT2D eigenvalue weighted by Gasteiger charge is 2.25. The highest BCUT2D eigenvalue weighted by molar-refractivity contribution is 7.09. The molecule has 128 valence electrons. The minimum Gasteiger partial charge on any atom is -0.486 e. The summed E-state index contributed by atoms with van der Waals surface area (Å²) in [6.45, 7) is 5.62. The first-order chi connectivity index (χ1) is 11.3. The molecule has 24 heavy (non-hydrogen) atoms. The number of aryl methyl sites for hydroxylation is 1. The number of hydrogen-bond donors (Lipinski definition) is 1. The van der Waals surface area contributed by atoms with Crippen LogP contribution in [0.3, 0.4) is 0 Å². The van der Waals surface area contributed by atoms with Gasteiger partial charge < -0.3 is 10.1 Å². The van der Waals surface area contributed by atoms with Gasteiger partial charge in [0.25, 0.3) is 0 Å². The van der Waals surface area contributed by atoms with Crippen molar-refractivity contribution >= 4 is 22.9 Å². The number of benzene rings is 1. The van der Waals surface area contributed by atoms with Crippen molar-refractivity contribution in [1.29, 1.82) is 0 Å². The molecule has 1 aromatic carbocycles. The third-order valence-electron chi connectivity index (χ3n) is 3.32. The number of nitro benzene ring substituents is 1. The third-order valence-corrected chi connectivity index (χ3v) is 4.41. The molecule has 1 amide bonds. The summed E-state index contributed by atoms with van der Waals surface area (Å²) < 4.78 is 5.44. The van der Waals surface area contributed by atoms with Crippen molar-refractivity contribution in [1.82, 2.24) is 10.3 Å². The van der Waals surface area contributed by atoms with Crippen LogP contribution in [-0.4, -0.2) is 22.4 Å². The van der Waals surface area contributed by atoms with Crippen LogP contribution in [0.4, 0.5) is 5.69 Å². The molecule has 0 saturated heterocycles. The number of hydrogen-bond acceptors (Lipinski definition) is 6. The molecule has 0 atom stereocenters. The quantitative estimate of drug-likeness (QED) is 0.612. The number of nitrogens with one attached hydrogen (secondary N) is 1. The lowest BCUT2D eigenvalue weighted by Gasteiger charge is -2.23. The molecule has 0 fully saturated rings. The maximum absolute atomic E-state index is 12.1. The molecular formula is C16H19N3O4S. The summed E-state index contributed by atoms with van der Waals surface area (Å²) in [4.78, 5) is 26.8. The average molecular weight is 349 g/mol. The number of nitro groups is 1. The number of nitrogens with zero attached hydrogens (tertiary/aromatic N) is 2. The van der Waals surface area contributed by atoms with Crippen LogP contribution in [0.15, 0.2) is 29.8 Å². The van der Waals surface area contributed by atoms with Gasteiger partial charge in [-0.25, -0.2) is 4.98 Å². The van der Waals surface area contributed by atoms with Crippen LogP contribution in [0.25, 0.3) is 0 Å². The maximum atomic E-state index is 12.1. The van der Waals surface area contributed by atoms with E-state index in [1.165, 1.54) is 17.4 Å². The predicted molar refractivity (Wildman–Crippen MR) is 91.2 cm³/mol. The summed E-state index contributed by atoms with van der Waals surface area (Å²) >= 11 is 1.47. The number of thiazole rings is 1. The van der Waals surface area contributed by atoms with Crippen molar-refractivity contribution in [2.45, 2.75) is 32.7 Å². The van der Waals surface area contributed by atoms with Gasteiger partial charge >= 0.3 is 5.69 Å². The number of amides is 1. The van der Waals surface area contributed by atoms with Crippen LogP contribution in [0.5, 0.6) is 5.75 Å². The Morgan fingerprint density at radius 3 is 2.83 bits per heavy atom. The molecule has 7 nitrogen and oxygen atoms in total. The predicted octanol–water partition coefficient (Wildman–Crippen LogP) is 3.18. The second kappa shape index (κ2) is 7.39. The van der Waals surface area contributed by atoms with Gasteiger partial charge in [-0.2, -0.15) is 0 Å². The molecule has 0 aliphatic heterocycles. The molecule has 0 unspecified atom stereocenters. The van der Waals surface area contributed by atoms with Crippen molar-refractivity contribution < 1.29 is 14.5 Å². The second-order valence-corrected chi connectivity index (χ2v) is 6.73. The van der Waals surface area contributed by atoms with Gasteiger partial charge in [0.15, 0.2) is 5.75 Å². The van der Waals surface area contributed by atoms with Crippen LogP contribution >= 0.6 is 11.3 Å². The molecule has 1 heterocycles. The molecular weight excluding hydrogens is 330 g/mol. The van der Waals surface area contributed by atoms with Gasteiger partial charge in [-0.3, -0.25) is 14.9 Å². The Morgan fingerprint density at radius 1 is 1.46 bits per heavy atom. The Morgan fingerprint density at radius 2 is 2.21 bits per heavy atom. The van der Waals surface area contributed by atoms with E-state index in [-0.39, 0.29) is 30.4 Å². The van der Waals surface area contributed by atoms with E-state index in [0.717, 1.165) is 10.6 Å². The molecule has 0 saturated carbocycles. The van der Waals surface area contributed by atoms with E-state index in [2.05, 4.69) is 10.3 Å². The van der Waals surface area contributed by atoms with E-state index in [1.807, 2.05) is 26.2 Å². The minimum absolute atomic E-state index is 0.0596. The van der Waals surface area contributed by atoms with Crippen molar-refractivity contribution in [3.63, 3.8) is 0 Å². The minimum atomic E-state index is -0.569. The zero-order chi connectivity index (χ0) is 17.7. The van der Waals surface area contributed by atoms with Crippen LogP contribution in [-0.2, 0) is 10.3 Å². The van der Waals surface area contributed by atoms with Gasteiger partial charge in [-0.15, -0.1) is 11.3 Å². The molecule has 0 aliphatic rings. The second-order valence-electron chi connectivity index (χ2n) is 5.84. The summed E-state index contributed by atoms with van der Waals surface area (Å²) in [5.41, 5.74) is 0.176. The molecule has 2 rings (SSSR count). The van der Waals surface area contributed by atoms with Gasteiger partial charge in [0, 0.05) is 17.6 Å². The van der Waals surface area contributed by atoms with E-state index in [1.54, 1.807) is 18.3 Å². The number of carbonyl (C=O) groups excluding carboxylic acids is 1. The van der Waals surface area contributed by atoms with Gasteiger partial charge in [0.05, 0.1) is 23.5 Å². The first kappa shape index (κ1) is 17.9. The van der Waals surface area contributed by atoms with Crippen LogP contribution in [0.2, 0.25) is 0 Å². The monoisotopic (exact) mass is 349 g/mol. The zero-order valence-corrected chi connectivity index (χ0v) is 14.6. The Labute approximate surface area is 143 Å². The molecule has 2 aromatic rings. The first-order valence-electron chi connectivity index (χ1n) is 7.38. The number of ether oxygens (including phenoxy) is 1. The fraction of sp³-hybridized carbons (Fsp3) is 0.375. The van der Waals surface area contributed by atoms with Crippen LogP contribution < -0.4 is 10.1 Å². The highest BCUT2D eigenvalue weighted by atomic mass is 32.1. The summed E-state index contributed by atoms with van der Waals surface area (Å²) in [7, 11) is 0. The maximum Gasteiger partial charge on any atom is 0.310 e. The van der Waals surface area contributed by atoms with Gasteiger partial charge in [0.2, 0.25) is 5.91 Å². The molecule has 0 aliphatic carbocycles. The van der Waals surface area contributed by atoms with Crippen LogP contribution in [0, 0.1) is 17.0 Å². The van der Waals surface area contributed by atoms with E-state index in [0.29, 0.717) is 0 Å². The fourth-order valence-corrected chi connectivity index (χ4v) is 2.86. The van der Waals surface area contributed by atoms with E-state index in [9.17, 15) is 14.9 Å². The zero-order valence-electron chi connectivity index (χ0n) is 13.7. The third kappa shape index (κ3) is 4.51. The standard InChI is InChI=1S/C16H19N3O4S/c1-11-4-5-12(19(21)22)13(10-11)23-8-6-14(20)18-16(2,3)15-17-7-9-24-15/h4-5,7,9-10H,6,8H2,1-3H3,(H,18,20). The number of aromatic nitrogens is 1. The SMILES string of the molecule is Cc1ccc([N+](=O)[O-])c(OCCC(=O)NC(C)(C)c2nccs2)c1. The Kier molecular flexibility index (Phi) is 5.50. The molecule has 1 N–H and O–H groups in total. The molecule has 0 spiro atoms. The Balaban J connectivity index is 1.92. The van der Waals surface area contributed by atoms with Crippen LogP contribution in [0.1, 0.15) is 30.8 Å². The van der Waals surface area contributed by atoms with Crippen molar-refractivity contribution in [3.8, 4) is 5.75 Å². The molecule has 0 radical (unpaired) electrons. The normalized spacial score (nSPS) is 11.1. The van der Waals surface area contributed by atoms with Crippen molar-refractivity contribution in [2.24, 2.45) is 0 Å². The summed E-state index contributed by atoms with van der Waals surface area (Å²) in [5, 5.41) is 16.5. The lowest BCUT2D eigenvalue weighted by atomic mass is 10.1. The summed E-state index contributed by atoms with van der Waals surface area (Å²) in [5.74, 6) is -0.0301. The largest absolute Gasteiger partial charge is 0.486 e. The van der Waals surface area contributed by atoms with Gasteiger partial charge in [0.1, 0.15) is 5.01 Å². The number of carbonyl (C=O) groups is 1. The average Bonchev–Trinajstić information content (AvgIpc) is 3.01. The van der Waals surface area contributed by atoms with E-state index < -0.39 is 10.5 Å². The smallest absolute Gasteiger partial charge is 0.310 e. The first-order valence-corrected chi connectivity index (χ1v) is 8.26. The Hall–Kier alpha value is -2.48. The lowest BCUT2D eigenvalue weighted by molar-refractivity contribution is -0.385. The highest BCUT2D eigenvalue weighted by Crippen LogP contribution is 2.28. The summed E-state index contributed by atoms with van der Waals surface area (Å²) in [6.07, 6.45) is 1.79. The molecule has 1 aromatic heterocycles. The van der Waals surface area contributed by atoms with Crippen molar-refractivity contribution in [2.75, 3.05) is 6.61 Å². The Bertz CT molecular complexity index is 729. The topological polar surface area (TPSA) is 94.4 Å². The molecule has 8 heteroatoms. The lowest BCUT2D eigenvalue weighted by Crippen LogP contribution is -2.41. The van der Waals surface area contributed by atoms with E-state index in [4.69, 9.17) is 4.74 Å². The van der Waals surface area contributed by atoms with E-state index >= 15 is 0 Å². The molecule has 0 bridgehead atoms. The van der Waals surface area contributed by atoms with Crippen molar-refractivity contribution in [3.05, 3.63) is 50.5 Å². The van der Waals surface area contributed by atoms with Gasteiger partial charge in [-0.1, -0.05) is 6.07 Å². The number of rotatable bonds is 7. The fourth-order valence-electron chi connectivity index (χ4n) is 2.14. The summed E-state index contributed by atoms with van der Waals surface area (Å²) in [6, 6.07) is 4.64. The van der Waals surface area contributed by atoms with Gasteiger partial charge in [-0.05, 0) is 32.4 Å².